The van der Waals surface area contributed by atoms with E-state index in [9.17, 15) is 36.2 Å². The average molecular weight is 542 g/mol. The van der Waals surface area contributed by atoms with Crippen molar-refractivity contribution in [3.63, 3.8) is 0 Å². The number of pyridine rings is 1. The Bertz CT molecular complexity index is 950. The fraction of sp³-hybridized carbons (Fsp3) is 0.611. The molecule has 0 radical (unpaired) electrons. The van der Waals surface area contributed by atoms with Crippen LogP contribution in [0.2, 0.25) is 5.02 Å². The lowest BCUT2D eigenvalue weighted by atomic mass is 9.88. The Morgan fingerprint density at radius 2 is 1.76 bits per heavy atom. The third-order valence-electron chi connectivity index (χ3n) is 5.43. The van der Waals surface area contributed by atoms with E-state index < -0.39 is 50.7 Å². The molecule has 3 rings (SSSR count). The van der Waals surface area contributed by atoms with Crippen molar-refractivity contribution in [1.82, 2.24) is 9.88 Å². The predicted molar refractivity (Wildman–Crippen MR) is 109 cm³/mol. The number of carbonyl (C=O) groups is 1. The number of rotatable bonds is 3. The summed E-state index contributed by atoms with van der Waals surface area (Å²) in [6, 6.07) is 0.497. The molecule has 1 atom stereocenters. The predicted octanol–water partition coefficient (Wildman–Crippen LogP) is 5.37. The van der Waals surface area contributed by atoms with E-state index in [0.717, 1.165) is 24.2 Å². The standard InChI is InChI=1S/C18H17Cl3F6N4O2/c19-11-6-10(16(22,23)24)7-28-12(11)29-14-30-17(33,18(25,26)27)15(20,21)13(32)31(14)8-9-4-2-1-3-5-9/h6-7,9,33H,1-5,8H2,(H,28,29,30). The SMILES string of the molecule is O=C1N(CC2CCCCC2)C(Nc2ncc(C(F)(F)F)cc2Cl)=NC(O)(C(F)(F)F)C1(Cl)Cl. The first-order chi connectivity index (χ1) is 15.1. The Kier molecular flexibility index (Phi) is 7.07. The number of aliphatic imine (C=N–C) groups is 1. The minimum Gasteiger partial charge on any atom is -0.359 e. The van der Waals surface area contributed by atoms with E-state index in [1.165, 1.54) is 0 Å². The second-order valence-corrected chi connectivity index (χ2v) is 9.51. The molecule has 1 amide bonds. The van der Waals surface area contributed by atoms with Crippen molar-refractivity contribution in [3.8, 4) is 0 Å². The largest absolute Gasteiger partial charge is 0.442 e. The summed E-state index contributed by atoms with van der Waals surface area (Å²) >= 11 is 17.2. The molecule has 1 aliphatic heterocycles. The maximum Gasteiger partial charge on any atom is 0.442 e. The number of carbonyl (C=O) groups excluding carboxylic acids is 1. The van der Waals surface area contributed by atoms with Crippen LogP contribution < -0.4 is 5.32 Å². The molecule has 0 bridgehead atoms. The summed E-state index contributed by atoms with van der Waals surface area (Å²) < 4.78 is 76.2. The van der Waals surface area contributed by atoms with E-state index in [1.54, 1.807) is 0 Å². The maximum atomic E-state index is 13.7. The van der Waals surface area contributed by atoms with Crippen LogP contribution in [-0.4, -0.2) is 49.6 Å². The van der Waals surface area contributed by atoms with E-state index in [1.807, 2.05) is 0 Å². The first kappa shape index (κ1) is 26.1. The molecule has 2 N–H and O–H groups in total. The van der Waals surface area contributed by atoms with Crippen molar-refractivity contribution >= 4 is 52.5 Å². The van der Waals surface area contributed by atoms with Crippen molar-refractivity contribution in [1.29, 1.82) is 0 Å². The summed E-state index contributed by atoms with van der Waals surface area (Å²) in [4.78, 5) is 20.3. The molecule has 0 spiro atoms. The summed E-state index contributed by atoms with van der Waals surface area (Å²) in [5.41, 5.74) is -5.45. The summed E-state index contributed by atoms with van der Waals surface area (Å²) in [5, 5.41) is 11.9. The van der Waals surface area contributed by atoms with Gasteiger partial charge >= 0.3 is 12.4 Å². The van der Waals surface area contributed by atoms with Crippen molar-refractivity contribution in [2.24, 2.45) is 10.9 Å². The van der Waals surface area contributed by atoms with Gasteiger partial charge in [0.05, 0.1) is 10.6 Å². The van der Waals surface area contributed by atoms with Crippen molar-refractivity contribution in [2.75, 3.05) is 11.9 Å². The van der Waals surface area contributed by atoms with E-state index >= 15 is 0 Å². The molecule has 1 aromatic rings. The molecular formula is C18H17Cl3F6N4O2. The third-order valence-corrected chi connectivity index (χ3v) is 6.57. The number of amides is 1. The molecule has 1 aliphatic carbocycles. The fourth-order valence-corrected chi connectivity index (χ4v) is 4.34. The van der Waals surface area contributed by atoms with Gasteiger partial charge in [0.15, 0.2) is 5.82 Å². The number of aliphatic hydroxyl groups is 1. The Balaban J connectivity index is 2.05. The number of hydrogen-bond donors (Lipinski definition) is 2. The first-order valence-corrected chi connectivity index (χ1v) is 10.8. The number of anilines is 1. The van der Waals surface area contributed by atoms with Gasteiger partial charge in [-0.3, -0.25) is 9.69 Å². The van der Waals surface area contributed by atoms with Gasteiger partial charge in [-0.1, -0.05) is 54.1 Å². The number of alkyl halides is 8. The smallest absolute Gasteiger partial charge is 0.359 e. The van der Waals surface area contributed by atoms with Crippen LogP contribution in [0.4, 0.5) is 32.2 Å². The van der Waals surface area contributed by atoms with Gasteiger partial charge in [-0.15, -0.1) is 0 Å². The van der Waals surface area contributed by atoms with Crippen LogP contribution in [-0.2, 0) is 11.0 Å². The van der Waals surface area contributed by atoms with E-state index in [4.69, 9.17) is 34.8 Å². The molecule has 33 heavy (non-hydrogen) atoms. The normalized spacial score (nSPS) is 24.6. The van der Waals surface area contributed by atoms with Crippen molar-refractivity contribution in [3.05, 3.63) is 22.8 Å². The summed E-state index contributed by atoms with van der Waals surface area (Å²) in [5.74, 6) is -3.01. The number of guanidine groups is 1. The zero-order valence-corrected chi connectivity index (χ0v) is 18.8. The molecule has 6 nitrogen and oxygen atoms in total. The molecule has 2 heterocycles. The average Bonchev–Trinajstić information content (AvgIpc) is 2.70. The molecule has 1 unspecified atom stereocenters. The second-order valence-electron chi connectivity index (χ2n) is 7.78. The van der Waals surface area contributed by atoms with E-state index in [2.05, 4.69) is 15.3 Å². The summed E-state index contributed by atoms with van der Waals surface area (Å²) in [6.07, 6.45) is -6.00. The lowest BCUT2D eigenvalue weighted by molar-refractivity contribution is -0.262. The Morgan fingerprint density at radius 1 is 1.15 bits per heavy atom. The van der Waals surface area contributed by atoms with Crippen LogP contribution in [0.15, 0.2) is 17.3 Å². The van der Waals surface area contributed by atoms with Crippen molar-refractivity contribution < 1.29 is 36.2 Å². The highest BCUT2D eigenvalue weighted by molar-refractivity contribution is 6.60. The number of halogens is 9. The first-order valence-electron chi connectivity index (χ1n) is 9.66. The van der Waals surface area contributed by atoms with Crippen LogP contribution in [0.1, 0.15) is 37.7 Å². The summed E-state index contributed by atoms with van der Waals surface area (Å²) in [6.45, 7) is -0.141. The zero-order chi connectivity index (χ0) is 24.8. The minimum atomic E-state index is -5.58. The van der Waals surface area contributed by atoms with Gasteiger partial charge in [0, 0.05) is 12.7 Å². The van der Waals surface area contributed by atoms with Gasteiger partial charge in [-0.2, -0.15) is 26.3 Å². The highest BCUT2D eigenvalue weighted by Crippen LogP contribution is 2.49. The Labute approximate surface area is 198 Å². The molecule has 1 fully saturated rings. The quantitative estimate of drug-likeness (QED) is 0.399. The van der Waals surface area contributed by atoms with Gasteiger partial charge in [-0.05, 0) is 24.8 Å². The number of hydrogen-bond acceptors (Lipinski definition) is 5. The lowest BCUT2D eigenvalue weighted by Gasteiger charge is -2.44. The van der Waals surface area contributed by atoms with Crippen LogP contribution in [0.3, 0.4) is 0 Å². The van der Waals surface area contributed by atoms with Gasteiger partial charge in [0.25, 0.3) is 16.0 Å². The molecule has 0 saturated heterocycles. The number of aromatic nitrogens is 1. The van der Waals surface area contributed by atoms with Crippen LogP contribution in [0, 0.1) is 5.92 Å². The topological polar surface area (TPSA) is 77.8 Å². The van der Waals surface area contributed by atoms with Crippen molar-refractivity contribution in [2.45, 2.75) is 54.5 Å². The molecule has 1 saturated carbocycles. The molecule has 15 heteroatoms. The highest BCUT2D eigenvalue weighted by Gasteiger charge is 2.73. The minimum absolute atomic E-state index is 0.132. The summed E-state index contributed by atoms with van der Waals surface area (Å²) in [7, 11) is 0. The Morgan fingerprint density at radius 3 is 2.27 bits per heavy atom. The molecule has 0 aromatic carbocycles. The van der Waals surface area contributed by atoms with E-state index in [-0.39, 0.29) is 12.5 Å². The molecule has 184 valence electrons. The second kappa shape index (κ2) is 8.94. The zero-order valence-electron chi connectivity index (χ0n) is 16.6. The lowest BCUT2D eigenvalue weighted by Crippen LogP contribution is -2.69. The van der Waals surface area contributed by atoms with Gasteiger partial charge in [0.1, 0.15) is 0 Å². The fourth-order valence-electron chi connectivity index (χ4n) is 3.62. The van der Waals surface area contributed by atoms with Gasteiger partial charge in [-0.25, -0.2) is 9.98 Å². The monoisotopic (exact) mass is 540 g/mol. The molecule has 2 aliphatic rings. The van der Waals surface area contributed by atoms with Crippen LogP contribution in [0.25, 0.3) is 0 Å². The molecular weight excluding hydrogens is 525 g/mol. The maximum absolute atomic E-state index is 13.7. The van der Waals surface area contributed by atoms with Crippen LogP contribution in [0.5, 0.6) is 0 Å². The highest BCUT2D eigenvalue weighted by atomic mass is 35.5. The molecule has 1 aromatic heterocycles. The Hall–Kier alpha value is -1.50. The third kappa shape index (κ3) is 4.98. The van der Waals surface area contributed by atoms with Crippen LogP contribution >= 0.6 is 34.8 Å². The van der Waals surface area contributed by atoms with E-state index in [0.29, 0.717) is 25.1 Å². The van der Waals surface area contributed by atoms with Gasteiger partial charge < -0.3 is 10.4 Å². The van der Waals surface area contributed by atoms with Gasteiger partial charge in [0.2, 0.25) is 5.96 Å². The number of nitrogens with one attached hydrogen (secondary N) is 1. The number of nitrogens with zero attached hydrogens (tertiary/aromatic N) is 3.